The quantitative estimate of drug-likeness (QED) is 0.372. The Labute approximate surface area is 118 Å². The van der Waals surface area contributed by atoms with Gasteiger partial charge >= 0.3 is 0 Å². The molecule has 0 unspecified atom stereocenters. The van der Waals surface area contributed by atoms with E-state index < -0.39 is 0 Å². The highest BCUT2D eigenvalue weighted by Crippen LogP contribution is 2.02. The first-order chi connectivity index (χ1) is 9.54. The van der Waals surface area contributed by atoms with E-state index in [2.05, 4.69) is 0 Å². The van der Waals surface area contributed by atoms with E-state index in [-0.39, 0.29) is 9.70 Å². The lowest BCUT2D eigenvalue weighted by molar-refractivity contribution is -1.05. The van der Waals surface area contributed by atoms with Gasteiger partial charge in [-0.05, 0) is 38.1 Å². The molecule has 0 aromatic heterocycles. The fourth-order valence-corrected chi connectivity index (χ4v) is 1.87. The van der Waals surface area contributed by atoms with Crippen LogP contribution in [-0.2, 0) is 0 Å². The Morgan fingerprint density at radius 1 is 0.750 bits per heavy atom. The van der Waals surface area contributed by atoms with Gasteiger partial charge < -0.3 is 10.4 Å². The van der Waals surface area contributed by atoms with Gasteiger partial charge in [0.1, 0.15) is 0 Å². The van der Waals surface area contributed by atoms with Gasteiger partial charge in [-0.1, -0.05) is 35.4 Å². The highest BCUT2D eigenvalue weighted by atomic mass is 16.7. The molecule has 20 heavy (non-hydrogen) atoms. The summed E-state index contributed by atoms with van der Waals surface area (Å²) in [7, 11) is 0. The van der Waals surface area contributed by atoms with Gasteiger partial charge in [0.2, 0.25) is 0 Å². The van der Waals surface area contributed by atoms with E-state index in [0.29, 0.717) is 11.1 Å². The van der Waals surface area contributed by atoms with Crippen molar-refractivity contribution in [2.45, 2.75) is 13.8 Å². The van der Waals surface area contributed by atoms with Crippen molar-refractivity contribution in [1.29, 1.82) is 0 Å². The Kier molecular flexibility index (Phi) is 4.15. The van der Waals surface area contributed by atoms with E-state index in [0.717, 1.165) is 11.1 Å². The van der Waals surface area contributed by atoms with Gasteiger partial charge in [0.15, 0.2) is 0 Å². The summed E-state index contributed by atoms with van der Waals surface area (Å²) in [6.07, 6.45) is 2.51. The van der Waals surface area contributed by atoms with Crippen molar-refractivity contribution in [1.82, 2.24) is 0 Å². The molecule has 0 saturated carbocycles. The molecule has 0 fully saturated rings. The van der Waals surface area contributed by atoms with E-state index in [1.807, 2.05) is 50.2 Å². The SMILES string of the molecule is Cc1cccc(/C=[N+]([O-])/[N+]([O-])=C/c2cccc(C)c2)c1. The van der Waals surface area contributed by atoms with Crippen molar-refractivity contribution in [3.63, 3.8) is 0 Å². The molecule has 0 heterocycles. The number of hydrazone groups is 2. The van der Waals surface area contributed by atoms with Gasteiger partial charge in [0.25, 0.3) is 12.4 Å². The van der Waals surface area contributed by atoms with Crippen LogP contribution in [0.25, 0.3) is 0 Å². The van der Waals surface area contributed by atoms with Crippen molar-refractivity contribution < 1.29 is 9.70 Å². The van der Waals surface area contributed by atoms with Gasteiger partial charge in [-0.2, -0.15) is 0 Å². The molecular formula is C16H16N2O2. The summed E-state index contributed by atoms with van der Waals surface area (Å²) in [5, 5.41) is 23.5. The van der Waals surface area contributed by atoms with Crippen molar-refractivity contribution >= 4 is 12.4 Å². The third-order valence-electron chi connectivity index (χ3n) is 2.80. The van der Waals surface area contributed by atoms with Crippen LogP contribution in [0.2, 0.25) is 0 Å². The van der Waals surface area contributed by atoms with Crippen molar-refractivity contribution in [3.05, 3.63) is 81.2 Å². The zero-order valence-corrected chi connectivity index (χ0v) is 11.5. The fourth-order valence-electron chi connectivity index (χ4n) is 1.87. The molecule has 0 spiro atoms. The number of benzene rings is 2. The van der Waals surface area contributed by atoms with Crippen LogP contribution in [0.4, 0.5) is 0 Å². The highest BCUT2D eigenvalue weighted by Gasteiger charge is 2.05. The third-order valence-corrected chi connectivity index (χ3v) is 2.80. The first-order valence-corrected chi connectivity index (χ1v) is 6.30. The molecule has 2 aromatic rings. The monoisotopic (exact) mass is 268 g/mol. The average molecular weight is 268 g/mol. The molecule has 2 rings (SSSR count). The van der Waals surface area contributed by atoms with Crippen molar-refractivity contribution in [2.24, 2.45) is 0 Å². The van der Waals surface area contributed by atoms with Crippen molar-refractivity contribution in [3.8, 4) is 0 Å². The van der Waals surface area contributed by atoms with Crippen LogP contribution in [-0.4, -0.2) is 22.1 Å². The summed E-state index contributed by atoms with van der Waals surface area (Å²) >= 11 is 0. The topological polar surface area (TPSA) is 52.1 Å². The summed E-state index contributed by atoms with van der Waals surface area (Å²) in [5.74, 6) is 0. The molecule has 0 N–H and O–H groups in total. The number of hydrogen-bond acceptors (Lipinski definition) is 2. The lowest BCUT2D eigenvalue weighted by atomic mass is 10.1. The molecule has 0 atom stereocenters. The van der Waals surface area contributed by atoms with Gasteiger partial charge in [0, 0.05) is 11.1 Å². The zero-order valence-electron chi connectivity index (χ0n) is 11.5. The summed E-state index contributed by atoms with van der Waals surface area (Å²) < 4.78 is 0. The van der Waals surface area contributed by atoms with E-state index in [1.165, 1.54) is 12.4 Å². The molecule has 0 radical (unpaired) electrons. The highest BCUT2D eigenvalue weighted by molar-refractivity contribution is 5.77. The number of rotatable bonds is 3. The standard InChI is InChI=1S/C16H16N2O2/c1-13-5-3-7-15(9-13)11-17(19)18(20)12-16-8-4-6-14(2)10-16/h3-12H,1-2H3/b17-11-,18-12-. The molecule has 0 aliphatic heterocycles. The Morgan fingerprint density at radius 2 is 1.15 bits per heavy atom. The predicted octanol–water partition coefficient (Wildman–Crippen LogP) is 2.78. The Bertz CT molecular complexity index is 616. The summed E-state index contributed by atoms with van der Waals surface area (Å²) in [5.41, 5.74) is 3.46. The first kappa shape index (κ1) is 13.8. The number of nitrogens with zero attached hydrogens (tertiary/aromatic N) is 2. The molecular weight excluding hydrogens is 252 g/mol. The van der Waals surface area contributed by atoms with Gasteiger partial charge in [-0.3, -0.25) is 0 Å². The molecule has 0 aliphatic rings. The van der Waals surface area contributed by atoms with Gasteiger partial charge in [-0.15, -0.1) is 0 Å². The number of hydrazine groups is 1. The van der Waals surface area contributed by atoms with Crippen LogP contribution in [0.15, 0.2) is 48.5 Å². The first-order valence-electron chi connectivity index (χ1n) is 6.30. The lowest BCUT2D eigenvalue weighted by Crippen LogP contribution is -2.18. The maximum Gasteiger partial charge on any atom is 0.260 e. The Hall–Kier alpha value is -2.62. The summed E-state index contributed by atoms with van der Waals surface area (Å²) in [6.45, 7) is 3.86. The maximum absolute atomic E-state index is 11.8. The Morgan fingerprint density at radius 3 is 1.50 bits per heavy atom. The van der Waals surface area contributed by atoms with Crippen molar-refractivity contribution in [2.75, 3.05) is 0 Å². The second kappa shape index (κ2) is 6.02. The molecule has 0 saturated heterocycles. The minimum atomic E-state index is 0.275. The van der Waals surface area contributed by atoms with Crippen LogP contribution in [0.5, 0.6) is 0 Å². The summed E-state index contributed by atoms with van der Waals surface area (Å²) in [4.78, 5) is 0.550. The minimum Gasteiger partial charge on any atom is -0.561 e. The second-order valence-corrected chi connectivity index (χ2v) is 4.69. The number of aryl methyl sites for hydroxylation is 2. The predicted molar refractivity (Wildman–Crippen MR) is 79.9 cm³/mol. The average Bonchev–Trinajstić information content (AvgIpc) is 2.38. The van der Waals surface area contributed by atoms with Crippen LogP contribution >= 0.6 is 0 Å². The van der Waals surface area contributed by atoms with Gasteiger partial charge in [0.05, 0.1) is 9.70 Å². The normalized spacial score (nSPS) is 12.5. The smallest absolute Gasteiger partial charge is 0.260 e. The van der Waals surface area contributed by atoms with Gasteiger partial charge in [-0.25, -0.2) is 0 Å². The Balaban J connectivity index is 2.26. The maximum atomic E-state index is 11.8. The van der Waals surface area contributed by atoms with E-state index in [1.54, 1.807) is 12.1 Å². The van der Waals surface area contributed by atoms with Crippen LogP contribution in [0.3, 0.4) is 0 Å². The van der Waals surface area contributed by atoms with E-state index in [4.69, 9.17) is 0 Å². The lowest BCUT2D eigenvalue weighted by Gasteiger charge is -2.01. The van der Waals surface area contributed by atoms with E-state index in [9.17, 15) is 10.4 Å². The molecule has 0 aliphatic carbocycles. The van der Waals surface area contributed by atoms with E-state index >= 15 is 0 Å². The molecule has 2 aromatic carbocycles. The molecule has 4 nitrogen and oxygen atoms in total. The third kappa shape index (κ3) is 3.68. The summed E-state index contributed by atoms with van der Waals surface area (Å²) in [6, 6.07) is 14.8. The zero-order chi connectivity index (χ0) is 14.5. The van der Waals surface area contributed by atoms with Crippen LogP contribution in [0.1, 0.15) is 22.3 Å². The molecule has 0 bridgehead atoms. The molecule has 102 valence electrons. The molecule has 4 heteroatoms. The van der Waals surface area contributed by atoms with Crippen LogP contribution in [0, 0.1) is 24.3 Å². The second-order valence-electron chi connectivity index (χ2n) is 4.69. The largest absolute Gasteiger partial charge is 0.561 e. The minimum absolute atomic E-state index is 0.275. The fraction of sp³-hybridized carbons (Fsp3) is 0.125. The molecule has 0 amide bonds. The van der Waals surface area contributed by atoms with Crippen LogP contribution < -0.4 is 0 Å². The number of hydrogen-bond donors (Lipinski definition) is 0.